The Balaban J connectivity index is 1.67. The molecule has 3 N–H and O–H groups in total. The number of aromatic nitrogens is 3. The van der Waals surface area contributed by atoms with E-state index in [9.17, 15) is 9.90 Å². The molecule has 1 amide bonds. The van der Waals surface area contributed by atoms with Gasteiger partial charge in [0.2, 0.25) is 5.28 Å². The Labute approximate surface area is 203 Å². The van der Waals surface area contributed by atoms with Crippen molar-refractivity contribution in [3.8, 4) is 11.1 Å². The van der Waals surface area contributed by atoms with Crippen molar-refractivity contribution in [1.82, 2.24) is 15.0 Å². The molecule has 0 aliphatic carbocycles. The number of hydrogen-bond acceptors (Lipinski definition) is 8. The molecule has 1 aliphatic rings. The number of benzene rings is 1. The van der Waals surface area contributed by atoms with Gasteiger partial charge in [0.1, 0.15) is 11.6 Å². The fourth-order valence-electron chi connectivity index (χ4n) is 3.64. The van der Waals surface area contributed by atoms with E-state index in [0.29, 0.717) is 30.3 Å². The molecule has 1 atom stereocenters. The summed E-state index contributed by atoms with van der Waals surface area (Å²) in [6.45, 7) is 6.71. The van der Waals surface area contributed by atoms with Crippen molar-refractivity contribution in [3.63, 3.8) is 0 Å². The second-order valence-corrected chi connectivity index (χ2v) is 8.49. The number of aryl methyl sites for hydroxylation is 1. The molecule has 1 fully saturated rings. The lowest BCUT2D eigenvalue weighted by Gasteiger charge is -2.29. The summed E-state index contributed by atoms with van der Waals surface area (Å²) in [5.41, 5.74) is 3.92. The Morgan fingerprint density at radius 2 is 1.94 bits per heavy atom. The van der Waals surface area contributed by atoms with Gasteiger partial charge >= 0.3 is 0 Å². The maximum Gasteiger partial charge on any atom is 0.258 e. The van der Waals surface area contributed by atoms with Crippen LogP contribution in [0.4, 0.5) is 17.3 Å². The van der Waals surface area contributed by atoms with Crippen LogP contribution in [0.2, 0.25) is 5.28 Å². The zero-order valence-corrected chi connectivity index (χ0v) is 19.8. The van der Waals surface area contributed by atoms with E-state index in [1.807, 2.05) is 44.2 Å². The second kappa shape index (κ2) is 10.8. The van der Waals surface area contributed by atoms with E-state index in [4.69, 9.17) is 21.3 Å². The predicted molar refractivity (Wildman–Crippen MR) is 133 cm³/mol. The summed E-state index contributed by atoms with van der Waals surface area (Å²) in [7, 11) is 0. The molecule has 0 bridgehead atoms. The lowest BCUT2D eigenvalue weighted by atomic mass is 10.00. The van der Waals surface area contributed by atoms with Gasteiger partial charge in [-0.2, -0.15) is 0 Å². The average molecular weight is 483 g/mol. The van der Waals surface area contributed by atoms with Crippen LogP contribution in [0.15, 0.2) is 42.7 Å². The number of aliphatic hydroxyl groups is 1. The smallest absolute Gasteiger partial charge is 0.258 e. The van der Waals surface area contributed by atoms with E-state index >= 15 is 0 Å². The first-order valence-electron chi connectivity index (χ1n) is 11.0. The van der Waals surface area contributed by atoms with Crippen molar-refractivity contribution < 1.29 is 14.6 Å². The highest BCUT2D eigenvalue weighted by Gasteiger charge is 2.17. The molecule has 3 aromatic rings. The van der Waals surface area contributed by atoms with Crippen molar-refractivity contribution in [2.45, 2.75) is 19.9 Å². The van der Waals surface area contributed by atoms with Crippen LogP contribution in [0.5, 0.6) is 0 Å². The molecule has 34 heavy (non-hydrogen) atoms. The molecule has 4 rings (SSSR count). The van der Waals surface area contributed by atoms with Crippen molar-refractivity contribution in [2.75, 3.05) is 48.4 Å². The van der Waals surface area contributed by atoms with Gasteiger partial charge < -0.3 is 25.4 Å². The number of anilines is 3. The number of ether oxygens (including phenoxy) is 1. The molecule has 1 saturated heterocycles. The van der Waals surface area contributed by atoms with Crippen molar-refractivity contribution in [3.05, 3.63) is 59.1 Å². The summed E-state index contributed by atoms with van der Waals surface area (Å²) in [6, 6.07) is 9.60. The molecule has 1 aliphatic heterocycles. The fraction of sp³-hybridized carbons (Fsp3) is 0.333. The number of amides is 1. The van der Waals surface area contributed by atoms with Crippen LogP contribution in [-0.2, 0) is 4.74 Å². The van der Waals surface area contributed by atoms with Gasteiger partial charge in [-0.15, -0.1) is 0 Å². The summed E-state index contributed by atoms with van der Waals surface area (Å²) in [6.07, 6.45) is 2.77. The first-order chi connectivity index (χ1) is 16.4. The molecule has 10 heteroatoms. The van der Waals surface area contributed by atoms with Crippen molar-refractivity contribution in [1.29, 1.82) is 0 Å². The number of aliphatic hydroxyl groups excluding tert-OH is 1. The van der Waals surface area contributed by atoms with Crippen LogP contribution in [0.25, 0.3) is 11.1 Å². The second-order valence-electron chi connectivity index (χ2n) is 8.15. The minimum absolute atomic E-state index is 0.00620. The van der Waals surface area contributed by atoms with Gasteiger partial charge in [0.15, 0.2) is 0 Å². The summed E-state index contributed by atoms with van der Waals surface area (Å²) in [5, 5.41) is 15.7. The summed E-state index contributed by atoms with van der Waals surface area (Å²) >= 11 is 5.72. The van der Waals surface area contributed by atoms with E-state index in [0.717, 1.165) is 35.6 Å². The molecule has 0 unspecified atom stereocenters. The minimum atomic E-state index is -0.325. The Bertz CT molecular complexity index is 1150. The lowest BCUT2D eigenvalue weighted by molar-refractivity contribution is 0.102. The van der Waals surface area contributed by atoms with Gasteiger partial charge in [-0.3, -0.25) is 4.79 Å². The third-order valence-electron chi connectivity index (χ3n) is 5.50. The number of pyridine rings is 1. The van der Waals surface area contributed by atoms with Crippen LogP contribution in [0.3, 0.4) is 0 Å². The summed E-state index contributed by atoms with van der Waals surface area (Å²) in [5.74, 6) is 1.18. The number of carbonyl (C=O) groups is 1. The maximum absolute atomic E-state index is 12.6. The van der Waals surface area contributed by atoms with Gasteiger partial charge in [0, 0.05) is 37.2 Å². The van der Waals surface area contributed by atoms with E-state index in [2.05, 4.69) is 25.5 Å². The molecule has 1 aromatic carbocycles. The third-order valence-corrected chi connectivity index (χ3v) is 5.70. The van der Waals surface area contributed by atoms with Crippen LogP contribution in [-0.4, -0.2) is 64.9 Å². The van der Waals surface area contributed by atoms with E-state index in [1.165, 1.54) is 12.4 Å². The highest BCUT2D eigenvalue weighted by Crippen LogP contribution is 2.31. The normalized spacial score (nSPS) is 14.5. The van der Waals surface area contributed by atoms with Crippen LogP contribution < -0.4 is 15.5 Å². The van der Waals surface area contributed by atoms with E-state index in [1.54, 1.807) is 0 Å². The Hall–Kier alpha value is -3.27. The molecular formula is C24H27ClN6O3. The number of hydrogen-bond donors (Lipinski definition) is 3. The van der Waals surface area contributed by atoms with Crippen molar-refractivity contribution in [2.24, 2.45) is 0 Å². The summed E-state index contributed by atoms with van der Waals surface area (Å²) < 4.78 is 5.49. The standard InChI is InChI=1S/C24H27ClN6O3/c1-15-3-4-19(29-23(33)18-12-26-24(25)27-13-18)11-20(15)17-9-21(28-16(2)14-32)30-22(10-17)31-5-7-34-8-6-31/h3-4,9-13,16,32H,5-8,14H2,1-2H3,(H,28,30)(H,29,33)/t16-/m1/s1. The van der Waals surface area contributed by atoms with E-state index < -0.39 is 0 Å². The quantitative estimate of drug-likeness (QED) is 0.439. The molecule has 9 nitrogen and oxygen atoms in total. The maximum atomic E-state index is 12.6. The van der Waals surface area contributed by atoms with Crippen LogP contribution in [0, 0.1) is 6.92 Å². The highest BCUT2D eigenvalue weighted by atomic mass is 35.5. The first kappa shape index (κ1) is 23.9. The minimum Gasteiger partial charge on any atom is -0.394 e. The zero-order valence-electron chi connectivity index (χ0n) is 19.1. The molecule has 0 saturated carbocycles. The number of nitrogens with zero attached hydrogens (tertiary/aromatic N) is 4. The third kappa shape index (κ3) is 5.80. The first-order valence-corrected chi connectivity index (χ1v) is 11.4. The number of nitrogens with one attached hydrogen (secondary N) is 2. The number of carbonyl (C=O) groups excluding carboxylic acids is 1. The Morgan fingerprint density at radius 1 is 1.21 bits per heavy atom. The lowest BCUT2D eigenvalue weighted by Crippen LogP contribution is -2.37. The highest BCUT2D eigenvalue weighted by molar-refractivity contribution is 6.28. The monoisotopic (exact) mass is 482 g/mol. The van der Waals surface area contributed by atoms with Crippen LogP contribution >= 0.6 is 11.6 Å². The Kier molecular flexibility index (Phi) is 7.56. The molecular weight excluding hydrogens is 456 g/mol. The van der Waals surface area contributed by atoms with Gasteiger partial charge in [-0.25, -0.2) is 15.0 Å². The van der Waals surface area contributed by atoms with Gasteiger partial charge in [-0.1, -0.05) is 6.07 Å². The average Bonchev–Trinajstić information content (AvgIpc) is 2.85. The zero-order chi connectivity index (χ0) is 24.1. The molecule has 2 aromatic heterocycles. The van der Waals surface area contributed by atoms with Gasteiger partial charge in [-0.05, 0) is 66.4 Å². The largest absolute Gasteiger partial charge is 0.394 e. The van der Waals surface area contributed by atoms with E-state index in [-0.39, 0.29) is 23.8 Å². The fourth-order valence-corrected chi connectivity index (χ4v) is 3.74. The molecule has 0 spiro atoms. The van der Waals surface area contributed by atoms with Gasteiger partial charge in [0.05, 0.1) is 25.4 Å². The topological polar surface area (TPSA) is 112 Å². The number of rotatable bonds is 7. The SMILES string of the molecule is Cc1ccc(NC(=O)c2cnc(Cl)nc2)cc1-c1cc(N[C@H](C)CO)nc(N2CCOCC2)c1. The predicted octanol–water partition coefficient (Wildman–Crippen LogP) is 3.38. The van der Waals surface area contributed by atoms with Gasteiger partial charge in [0.25, 0.3) is 5.91 Å². The number of morpholine rings is 1. The van der Waals surface area contributed by atoms with Crippen LogP contribution in [0.1, 0.15) is 22.8 Å². The molecule has 3 heterocycles. The molecule has 0 radical (unpaired) electrons. The summed E-state index contributed by atoms with van der Waals surface area (Å²) in [4.78, 5) is 27.3. The molecule has 178 valence electrons. The number of halogens is 1. The van der Waals surface area contributed by atoms with Crippen molar-refractivity contribution >= 4 is 34.8 Å². The Morgan fingerprint density at radius 3 is 2.65 bits per heavy atom.